The van der Waals surface area contributed by atoms with Crippen LogP contribution in [0.1, 0.15) is 32.9 Å². The van der Waals surface area contributed by atoms with E-state index in [0.29, 0.717) is 12.1 Å². The lowest BCUT2D eigenvalue weighted by Gasteiger charge is -2.10. The molecule has 152 valence electrons. The second-order valence-corrected chi connectivity index (χ2v) is 7.01. The van der Waals surface area contributed by atoms with Crippen LogP contribution < -0.4 is 5.56 Å². The zero-order valence-electron chi connectivity index (χ0n) is 16.7. The molecule has 8 heteroatoms. The zero-order valence-corrected chi connectivity index (χ0v) is 16.7. The number of aryl methyl sites for hydroxylation is 2. The van der Waals surface area contributed by atoms with E-state index in [9.17, 15) is 19.7 Å². The monoisotopic (exact) mass is 404 g/mol. The van der Waals surface area contributed by atoms with Crippen molar-refractivity contribution in [3.8, 4) is 6.07 Å². The topological polar surface area (TPSA) is 111 Å². The summed E-state index contributed by atoms with van der Waals surface area (Å²) >= 11 is 0. The third-order valence-electron chi connectivity index (χ3n) is 5.06. The van der Waals surface area contributed by atoms with E-state index < -0.39 is 16.2 Å². The number of pyridine rings is 1. The molecule has 0 saturated carbocycles. The van der Waals surface area contributed by atoms with Gasteiger partial charge in [0.1, 0.15) is 11.6 Å². The number of nitriles is 1. The summed E-state index contributed by atoms with van der Waals surface area (Å²) < 4.78 is 2.96. The van der Waals surface area contributed by atoms with Gasteiger partial charge in [-0.3, -0.25) is 24.3 Å². The molecule has 0 fully saturated rings. The van der Waals surface area contributed by atoms with Gasteiger partial charge in [0.25, 0.3) is 11.2 Å². The number of nitro groups is 1. The number of carbonyl (C=O) groups is 1. The first-order chi connectivity index (χ1) is 14.3. The highest BCUT2D eigenvalue weighted by atomic mass is 16.6. The Labute approximate surface area is 172 Å². The molecule has 0 amide bonds. The van der Waals surface area contributed by atoms with Crippen LogP contribution in [0.3, 0.4) is 0 Å². The van der Waals surface area contributed by atoms with E-state index in [4.69, 9.17) is 5.26 Å². The van der Waals surface area contributed by atoms with E-state index in [1.165, 1.54) is 5.56 Å². The van der Waals surface area contributed by atoms with Crippen LogP contribution in [0.2, 0.25) is 0 Å². The second kappa shape index (κ2) is 8.57. The summed E-state index contributed by atoms with van der Waals surface area (Å²) in [6.45, 7) is 4.06. The van der Waals surface area contributed by atoms with Gasteiger partial charge >= 0.3 is 0 Å². The number of hydrogen-bond donors (Lipinski definition) is 0. The lowest BCUT2D eigenvalue weighted by molar-refractivity contribution is -0.385. The first kappa shape index (κ1) is 20.7. The lowest BCUT2D eigenvalue weighted by atomic mass is 10.1. The van der Waals surface area contributed by atoms with E-state index in [1.807, 2.05) is 48.7 Å². The first-order valence-corrected chi connectivity index (χ1v) is 9.34. The SMILES string of the molecule is Cc1cc(C(=O)Cn2cc([N+](=O)[O-])cc(C#N)c2=O)c(C)n1CCc1ccccc1. The summed E-state index contributed by atoms with van der Waals surface area (Å²) in [5.74, 6) is -0.347. The van der Waals surface area contributed by atoms with Crippen LogP contribution in [0.5, 0.6) is 0 Å². The highest BCUT2D eigenvalue weighted by molar-refractivity contribution is 5.97. The zero-order chi connectivity index (χ0) is 21.8. The van der Waals surface area contributed by atoms with E-state index in [2.05, 4.69) is 0 Å². The third-order valence-corrected chi connectivity index (χ3v) is 5.06. The predicted octanol–water partition coefficient (Wildman–Crippen LogP) is 3.17. The molecular weight excluding hydrogens is 384 g/mol. The second-order valence-electron chi connectivity index (χ2n) is 7.01. The minimum absolute atomic E-state index is 0.347. The normalized spacial score (nSPS) is 10.6. The molecule has 0 unspecified atom stereocenters. The van der Waals surface area contributed by atoms with E-state index in [1.54, 1.807) is 12.1 Å². The average Bonchev–Trinajstić information content (AvgIpc) is 3.02. The van der Waals surface area contributed by atoms with E-state index in [-0.39, 0.29) is 17.9 Å². The Hall–Kier alpha value is -3.99. The van der Waals surface area contributed by atoms with Crippen LogP contribution in [0, 0.1) is 35.3 Å². The Morgan fingerprint density at radius 2 is 1.90 bits per heavy atom. The minimum Gasteiger partial charge on any atom is -0.348 e. The van der Waals surface area contributed by atoms with Crippen molar-refractivity contribution in [1.82, 2.24) is 9.13 Å². The molecule has 3 rings (SSSR count). The van der Waals surface area contributed by atoms with Crippen molar-refractivity contribution in [2.75, 3.05) is 0 Å². The number of aromatic nitrogens is 2. The smallest absolute Gasteiger partial charge is 0.287 e. The van der Waals surface area contributed by atoms with E-state index in [0.717, 1.165) is 34.6 Å². The summed E-state index contributed by atoms with van der Waals surface area (Å²) in [6.07, 6.45) is 1.80. The van der Waals surface area contributed by atoms with Crippen molar-refractivity contribution in [3.63, 3.8) is 0 Å². The van der Waals surface area contributed by atoms with Gasteiger partial charge in [-0.25, -0.2) is 0 Å². The fraction of sp³-hybridized carbons (Fsp3) is 0.227. The predicted molar refractivity (Wildman–Crippen MR) is 110 cm³/mol. The molecule has 0 N–H and O–H groups in total. The van der Waals surface area contributed by atoms with Gasteiger partial charge in [0, 0.05) is 29.6 Å². The highest BCUT2D eigenvalue weighted by Gasteiger charge is 2.19. The van der Waals surface area contributed by atoms with Crippen molar-refractivity contribution in [3.05, 3.63) is 97.2 Å². The molecule has 2 heterocycles. The van der Waals surface area contributed by atoms with Gasteiger partial charge in [-0.05, 0) is 31.9 Å². The van der Waals surface area contributed by atoms with Crippen molar-refractivity contribution >= 4 is 11.5 Å². The Bertz CT molecular complexity index is 1220. The molecule has 0 bridgehead atoms. The molecule has 1 aromatic carbocycles. The van der Waals surface area contributed by atoms with Gasteiger partial charge in [0.05, 0.1) is 17.7 Å². The molecule has 0 spiro atoms. The third kappa shape index (κ3) is 4.20. The minimum atomic E-state index is -0.727. The largest absolute Gasteiger partial charge is 0.348 e. The van der Waals surface area contributed by atoms with Gasteiger partial charge in [0.15, 0.2) is 5.78 Å². The molecule has 8 nitrogen and oxygen atoms in total. The quantitative estimate of drug-likeness (QED) is 0.341. The van der Waals surface area contributed by atoms with Crippen LogP contribution in [0.4, 0.5) is 5.69 Å². The molecule has 0 aliphatic carbocycles. The van der Waals surface area contributed by atoms with Gasteiger partial charge in [-0.2, -0.15) is 5.26 Å². The van der Waals surface area contributed by atoms with Gasteiger partial charge in [-0.1, -0.05) is 30.3 Å². The number of nitrogens with zero attached hydrogens (tertiary/aromatic N) is 4. The number of hydrogen-bond acceptors (Lipinski definition) is 5. The van der Waals surface area contributed by atoms with Gasteiger partial charge in [-0.15, -0.1) is 0 Å². The molecule has 0 atom stereocenters. The van der Waals surface area contributed by atoms with Crippen molar-refractivity contribution in [1.29, 1.82) is 5.26 Å². The fourth-order valence-corrected chi connectivity index (χ4v) is 3.47. The maximum absolute atomic E-state index is 12.9. The molecule has 0 aliphatic heterocycles. The summed E-state index contributed by atoms with van der Waals surface area (Å²) in [6, 6.07) is 14.3. The summed E-state index contributed by atoms with van der Waals surface area (Å²) in [5, 5.41) is 20.1. The molecule has 0 radical (unpaired) electrons. The van der Waals surface area contributed by atoms with Crippen LogP contribution >= 0.6 is 0 Å². The molecule has 3 aromatic rings. The number of rotatable bonds is 7. The molecule has 2 aromatic heterocycles. The molecule has 0 saturated heterocycles. The summed E-state index contributed by atoms with van der Waals surface area (Å²) in [5.41, 5.74) is 1.82. The lowest BCUT2D eigenvalue weighted by Crippen LogP contribution is -2.26. The number of Topliss-reactive ketones (excluding diaryl/α,β-unsaturated/α-hetero) is 1. The number of benzene rings is 1. The van der Waals surface area contributed by atoms with Crippen molar-refractivity contribution < 1.29 is 9.72 Å². The van der Waals surface area contributed by atoms with Crippen molar-refractivity contribution in [2.24, 2.45) is 0 Å². The molecular formula is C22H20N4O4. The Morgan fingerprint density at radius 3 is 2.53 bits per heavy atom. The maximum Gasteiger partial charge on any atom is 0.287 e. The Morgan fingerprint density at radius 1 is 1.20 bits per heavy atom. The highest BCUT2D eigenvalue weighted by Crippen LogP contribution is 2.18. The van der Waals surface area contributed by atoms with Gasteiger partial charge in [0.2, 0.25) is 0 Å². The standard InChI is InChI=1S/C22H20N4O4/c1-15-10-20(16(2)25(15)9-8-17-6-4-3-5-7-17)21(27)14-24-13-19(26(29)30)11-18(12-23)22(24)28/h3-7,10-11,13H,8-9,14H2,1-2H3. The fourth-order valence-electron chi connectivity index (χ4n) is 3.47. The van der Waals surface area contributed by atoms with E-state index >= 15 is 0 Å². The van der Waals surface area contributed by atoms with Crippen molar-refractivity contribution in [2.45, 2.75) is 33.4 Å². The summed E-state index contributed by atoms with van der Waals surface area (Å²) in [7, 11) is 0. The molecule has 0 aliphatic rings. The first-order valence-electron chi connectivity index (χ1n) is 9.34. The Balaban J connectivity index is 1.86. The van der Waals surface area contributed by atoms with Gasteiger partial charge < -0.3 is 4.57 Å². The number of ketones is 1. The van der Waals surface area contributed by atoms with Crippen LogP contribution in [0.25, 0.3) is 0 Å². The number of carbonyl (C=O) groups excluding carboxylic acids is 1. The van der Waals surface area contributed by atoms with Crippen LogP contribution in [0.15, 0.2) is 53.5 Å². The Kier molecular flexibility index (Phi) is 5.93. The maximum atomic E-state index is 12.9. The summed E-state index contributed by atoms with van der Waals surface area (Å²) in [4.78, 5) is 35.6. The van der Waals surface area contributed by atoms with Crippen LogP contribution in [-0.4, -0.2) is 19.8 Å². The molecule has 30 heavy (non-hydrogen) atoms. The van der Waals surface area contributed by atoms with Crippen LogP contribution in [-0.2, 0) is 19.5 Å². The average molecular weight is 404 g/mol.